The zero-order valence-electron chi connectivity index (χ0n) is 11.0. The fourth-order valence-electron chi connectivity index (χ4n) is 2.03. The maximum absolute atomic E-state index is 11.9. The van der Waals surface area contributed by atoms with Gasteiger partial charge in [0.2, 0.25) is 0 Å². The van der Waals surface area contributed by atoms with Gasteiger partial charge in [-0.1, -0.05) is 67.2 Å². The van der Waals surface area contributed by atoms with Crippen molar-refractivity contribution in [3.05, 3.63) is 78.4 Å². The third kappa shape index (κ3) is 4.22. The zero-order valence-corrected chi connectivity index (χ0v) is 11.0. The number of ketones is 1. The third-order valence-electron chi connectivity index (χ3n) is 3.13. The summed E-state index contributed by atoms with van der Waals surface area (Å²) < 4.78 is 0. The lowest BCUT2D eigenvalue weighted by Gasteiger charge is -2.05. The number of carbonyl (C=O) groups excluding carboxylic acids is 1. The standard InChI is InChI=1S/C18H18O/c1-15(17-10-6-3-7-11-17)14-18(19)13-12-16-8-4-2-5-9-16/h2-11H,1,12-14H2. The van der Waals surface area contributed by atoms with Crippen LogP contribution in [-0.2, 0) is 11.2 Å². The van der Waals surface area contributed by atoms with Crippen LogP contribution in [0, 0.1) is 0 Å². The summed E-state index contributed by atoms with van der Waals surface area (Å²) in [5.74, 6) is 0.248. The second-order valence-corrected chi connectivity index (χ2v) is 4.67. The van der Waals surface area contributed by atoms with Crippen molar-refractivity contribution in [3.8, 4) is 0 Å². The highest BCUT2D eigenvalue weighted by molar-refractivity contribution is 5.89. The minimum atomic E-state index is 0.248. The van der Waals surface area contributed by atoms with E-state index < -0.39 is 0 Å². The fourth-order valence-corrected chi connectivity index (χ4v) is 2.03. The van der Waals surface area contributed by atoms with Gasteiger partial charge in [0, 0.05) is 12.8 Å². The van der Waals surface area contributed by atoms with E-state index in [2.05, 4.69) is 18.7 Å². The van der Waals surface area contributed by atoms with Crippen molar-refractivity contribution >= 4 is 11.4 Å². The van der Waals surface area contributed by atoms with Crippen LogP contribution in [0.2, 0.25) is 0 Å². The smallest absolute Gasteiger partial charge is 0.137 e. The Labute approximate surface area is 114 Å². The Hall–Kier alpha value is -2.15. The van der Waals surface area contributed by atoms with E-state index in [4.69, 9.17) is 0 Å². The first kappa shape index (κ1) is 13.3. The second kappa shape index (κ2) is 6.69. The summed E-state index contributed by atoms with van der Waals surface area (Å²) in [6, 6.07) is 20.0. The largest absolute Gasteiger partial charge is 0.299 e. The van der Waals surface area contributed by atoms with Crippen LogP contribution in [0.5, 0.6) is 0 Å². The van der Waals surface area contributed by atoms with Gasteiger partial charge in [-0.3, -0.25) is 4.79 Å². The van der Waals surface area contributed by atoms with Gasteiger partial charge >= 0.3 is 0 Å². The number of hydrogen-bond donors (Lipinski definition) is 0. The Bertz CT molecular complexity index is 540. The Balaban J connectivity index is 1.83. The maximum atomic E-state index is 11.9. The summed E-state index contributed by atoms with van der Waals surface area (Å²) in [4.78, 5) is 11.9. The van der Waals surface area contributed by atoms with Crippen LogP contribution in [-0.4, -0.2) is 5.78 Å². The molecule has 0 heterocycles. The van der Waals surface area contributed by atoms with E-state index in [1.165, 1.54) is 5.56 Å². The maximum Gasteiger partial charge on any atom is 0.137 e. The summed E-state index contributed by atoms with van der Waals surface area (Å²) in [6.07, 6.45) is 1.83. The normalized spacial score (nSPS) is 10.1. The van der Waals surface area contributed by atoms with E-state index in [0.717, 1.165) is 17.6 Å². The van der Waals surface area contributed by atoms with Crippen LogP contribution in [0.25, 0.3) is 5.57 Å². The molecule has 0 bridgehead atoms. The quantitative estimate of drug-likeness (QED) is 0.747. The molecule has 0 fully saturated rings. The second-order valence-electron chi connectivity index (χ2n) is 4.67. The van der Waals surface area contributed by atoms with Crippen molar-refractivity contribution in [3.63, 3.8) is 0 Å². The molecule has 0 aliphatic carbocycles. The van der Waals surface area contributed by atoms with E-state index in [-0.39, 0.29) is 5.78 Å². The van der Waals surface area contributed by atoms with Crippen LogP contribution >= 0.6 is 0 Å². The molecule has 0 unspecified atom stereocenters. The third-order valence-corrected chi connectivity index (χ3v) is 3.13. The molecule has 96 valence electrons. The number of Topliss-reactive ketones (excluding diaryl/α,β-unsaturated/α-hetero) is 1. The lowest BCUT2D eigenvalue weighted by molar-refractivity contribution is -0.118. The van der Waals surface area contributed by atoms with Crippen molar-refractivity contribution in [1.29, 1.82) is 0 Å². The van der Waals surface area contributed by atoms with Crippen molar-refractivity contribution in [1.82, 2.24) is 0 Å². The highest BCUT2D eigenvalue weighted by Gasteiger charge is 2.06. The summed E-state index contributed by atoms with van der Waals surface area (Å²) in [5, 5.41) is 0. The van der Waals surface area contributed by atoms with Crippen LogP contribution in [0.4, 0.5) is 0 Å². The molecule has 2 aromatic carbocycles. The van der Waals surface area contributed by atoms with Gasteiger partial charge in [0.1, 0.15) is 5.78 Å². The minimum absolute atomic E-state index is 0.248. The molecule has 0 N–H and O–H groups in total. The van der Waals surface area contributed by atoms with Gasteiger partial charge in [-0.25, -0.2) is 0 Å². The average molecular weight is 250 g/mol. The Morgan fingerprint density at radius 3 is 2.11 bits per heavy atom. The van der Waals surface area contributed by atoms with Crippen LogP contribution in [0.15, 0.2) is 67.2 Å². The van der Waals surface area contributed by atoms with Crippen molar-refractivity contribution in [2.75, 3.05) is 0 Å². The van der Waals surface area contributed by atoms with E-state index >= 15 is 0 Å². The highest BCUT2D eigenvalue weighted by Crippen LogP contribution is 2.17. The van der Waals surface area contributed by atoms with E-state index in [1.807, 2.05) is 48.5 Å². The number of benzene rings is 2. The molecular weight excluding hydrogens is 232 g/mol. The van der Waals surface area contributed by atoms with Gasteiger partial charge in [-0.05, 0) is 23.1 Å². The van der Waals surface area contributed by atoms with E-state index in [9.17, 15) is 4.79 Å². The van der Waals surface area contributed by atoms with Gasteiger partial charge in [0.25, 0.3) is 0 Å². The summed E-state index contributed by atoms with van der Waals surface area (Å²) in [5.41, 5.74) is 3.16. The Morgan fingerprint density at radius 1 is 0.895 bits per heavy atom. The van der Waals surface area contributed by atoms with Gasteiger partial charge in [0.15, 0.2) is 0 Å². The molecule has 0 saturated carbocycles. The van der Waals surface area contributed by atoms with Gasteiger partial charge in [-0.2, -0.15) is 0 Å². The highest BCUT2D eigenvalue weighted by atomic mass is 16.1. The van der Waals surface area contributed by atoms with E-state index in [1.54, 1.807) is 0 Å². The number of allylic oxidation sites excluding steroid dienone is 1. The lowest BCUT2D eigenvalue weighted by Crippen LogP contribution is -2.01. The molecule has 0 amide bonds. The molecule has 0 spiro atoms. The number of aryl methyl sites for hydroxylation is 1. The number of carbonyl (C=O) groups is 1. The summed E-state index contributed by atoms with van der Waals surface area (Å²) >= 11 is 0. The number of rotatable bonds is 6. The first-order chi connectivity index (χ1) is 9.25. The van der Waals surface area contributed by atoms with Crippen LogP contribution in [0.3, 0.4) is 0 Å². The topological polar surface area (TPSA) is 17.1 Å². The lowest BCUT2D eigenvalue weighted by atomic mass is 9.99. The molecule has 19 heavy (non-hydrogen) atoms. The summed E-state index contributed by atoms with van der Waals surface area (Å²) in [6.45, 7) is 4.00. The van der Waals surface area contributed by atoms with Gasteiger partial charge in [-0.15, -0.1) is 0 Å². The minimum Gasteiger partial charge on any atom is -0.299 e. The molecule has 0 aliphatic rings. The molecule has 2 aromatic rings. The zero-order chi connectivity index (χ0) is 13.5. The molecule has 1 nitrogen and oxygen atoms in total. The first-order valence-electron chi connectivity index (χ1n) is 6.54. The van der Waals surface area contributed by atoms with Crippen LogP contribution in [0.1, 0.15) is 24.0 Å². The van der Waals surface area contributed by atoms with Crippen molar-refractivity contribution in [2.45, 2.75) is 19.3 Å². The first-order valence-corrected chi connectivity index (χ1v) is 6.54. The molecule has 0 radical (unpaired) electrons. The predicted molar refractivity (Wildman–Crippen MR) is 79.9 cm³/mol. The molecule has 0 aliphatic heterocycles. The summed E-state index contributed by atoms with van der Waals surface area (Å²) in [7, 11) is 0. The molecule has 0 atom stereocenters. The predicted octanol–water partition coefficient (Wildman–Crippen LogP) is 4.29. The molecule has 1 heteroatoms. The van der Waals surface area contributed by atoms with Gasteiger partial charge < -0.3 is 0 Å². The molecule has 0 saturated heterocycles. The molecule has 2 rings (SSSR count). The van der Waals surface area contributed by atoms with Crippen molar-refractivity contribution < 1.29 is 4.79 Å². The molecule has 0 aromatic heterocycles. The Morgan fingerprint density at radius 2 is 1.47 bits per heavy atom. The van der Waals surface area contributed by atoms with Gasteiger partial charge in [0.05, 0.1) is 0 Å². The molecular formula is C18H18O. The average Bonchev–Trinajstić information content (AvgIpc) is 2.47. The van der Waals surface area contributed by atoms with Crippen LogP contribution < -0.4 is 0 Å². The van der Waals surface area contributed by atoms with Crippen molar-refractivity contribution in [2.24, 2.45) is 0 Å². The van der Waals surface area contributed by atoms with E-state index in [0.29, 0.717) is 12.8 Å². The number of hydrogen-bond acceptors (Lipinski definition) is 1. The Kier molecular flexibility index (Phi) is 4.68. The fraction of sp³-hybridized carbons (Fsp3) is 0.167. The monoisotopic (exact) mass is 250 g/mol. The SMILES string of the molecule is C=C(CC(=O)CCc1ccccc1)c1ccccc1.